The first-order chi connectivity index (χ1) is 15.5. The van der Waals surface area contributed by atoms with E-state index in [2.05, 4.69) is 15.2 Å². The van der Waals surface area contributed by atoms with Gasteiger partial charge in [-0.1, -0.05) is 6.07 Å². The van der Waals surface area contributed by atoms with E-state index in [1.54, 1.807) is 0 Å². The number of carbonyl (C=O) groups is 1. The van der Waals surface area contributed by atoms with E-state index in [-0.39, 0.29) is 5.91 Å². The number of aromatic nitrogens is 2. The summed E-state index contributed by atoms with van der Waals surface area (Å²) in [6.45, 7) is 11.6. The predicted octanol–water partition coefficient (Wildman–Crippen LogP) is 3.84. The van der Waals surface area contributed by atoms with Gasteiger partial charge in [-0.25, -0.2) is 4.98 Å². The molecule has 8 nitrogen and oxygen atoms in total. The van der Waals surface area contributed by atoms with E-state index in [1.807, 2.05) is 62.6 Å². The Bertz CT molecular complexity index is 1120. The standard InChI is InChI=1S/C24H30N4O4/c1-5-31-20-14-19(27-9-11-30-12-10-27)21(32-6-2)13-18(20)26-24(29)23-17(4)25-22-8-7-16(3)15-28(22)23/h7-8,13-15H,5-6,9-12H2,1-4H3,(H,26,29). The van der Waals surface area contributed by atoms with Gasteiger partial charge < -0.3 is 24.4 Å². The average molecular weight is 439 g/mol. The highest BCUT2D eigenvalue weighted by molar-refractivity contribution is 6.05. The number of ether oxygens (including phenoxy) is 3. The van der Waals surface area contributed by atoms with Gasteiger partial charge in [0.05, 0.1) is 43.5 Å². The molecule has 0 atom stereocenters. The second-order valence-corrected chi connectivity index (χ2v) is 7.72. The van der Waals surface area contributed by atoms with Crippen LogP contribution in [-0.4, -0.2) is 54.8 Å². The molecule has 4 rings (SSSR count). The zero-order valence-corrected chi connectivity index (χ0v) is 19.1. The molecule has 3 aromatic rings. The summed E-state index contributed by atoms with van der Waals surface area (Å²) in [5.41, 5.74) is 4.47. The molecule has 1 N–H and O–H groups in total. The molecule has 2 aromatic heterocycles. The lowest BCUT2D eigenvalue weighted by Gasteiger charge is -2.31. The van der Waals surface area contributed by atoms with E-state index < -0.39 is 0 Å². The van der Waals surface area contributed by atoms with Crippen molar-refractivity contribution < 1.29 is 19.0 Å². The van der Waals surface area contributed by atoms with E-state index in [4.69, 9.17) is 14.2 Å². The van der Waals surface area contributed by atoms with Gasteiger partial charge in [0.25, 0.3) is 5.91 Å². The van der Waals surface area contributed by atoms with Crippen LogP contribution in [0.2, 0.25) is 0 Å². The molecule has 0 radical (unpaired) electrons. The van der Waals surface area contributed by atoms with Crippen LogP contribution in [0, 0.1) is 13.8 Å². The molecule has 1 aliphatic rings. The van der Waals surface area contributed by atoms with Crippen LogP contribution >= 0.6 is 0 Å². The molecule has 1 saturated heterocycles. The Morgan fingerprint density at radius 1 is 1.09 bits per heavy atom. The first kappa shape index (κ1) is 22.0. The number of imidazole rings is 1. The largest absolute Gasteiger partial charge is 0.492 e. The number of hydrogen-bond donors (Lipinski definition) is 1. The number of fused-ring (bicyclic) bond motifs is 1. The molecule has 1 amide bonds. The number of nitrogens with one attached hydrogen (secondary N) is 1. The first-order valence-corrected chi connectivity index (χ1v) is 11.0. The van der Waals surface area contributed by atoms with Crippen molar-refractivity contribution in [3.8, 4) is 11.5 Å². The number of amides is 1. The summed E-state index contributed by atoms with van der Waals surface area (Å²) in [6.07, 6.45) is 1.92. The van der Waals surface area contributed by atoms with Gasteiger partial charge in [-0.2, -0.15) is 0 Å². The molecule has 1 fully saturated rings. The van der Waals surface area contributed by atoms with Gasteiger partial charge in [0, 0.05) is 31.4 Å². The minimum Gasteiger partial charge on any atom is -0.492 e. The molecule has 0 aliphatic carbocycles. The lowest BCUT2D eigenvalue weighted by atomic mass is 10.2. The molecule has 3 heterocycles. The number of nitrogens with zero attached hydrogens (tertiary/aromatic N) is 3. The van der Waals surface area contributed by atoms with Gasteiger partial charge >= 0.3 is 0 Å². The maximum Gasteiger partial charge on any atom is 0.274 e. The molecular weight excluding hydrogens is 408 g/mol. The molecule has 8 heteroatoms. The third kappa shape index (κ3) is 4.36. The second-order valence-electron chi connectivity index (χ2n) is 7.72. The van der Waals surface area contributed by atoms with Gasteiger partial charge in [0.15, 0.2) is 0 Å². The highest BCUT2D eigenvalue weighted by Crippen LogP contribution is 2.39. The van der Waals surface area contributed by atoms with Crippen LogP contribution in [0.4, 0.5) is 11.4 Å². The Balaban J connectivity index is 1.72. The van der Waals surface area contributed by atoms with Gasteiger partial charge in [-0.3, -0.25) is 9.20 Å². The smallest absolute Gasteiger partial charge is 0.274 e. The summed E-state index contributed by atoms with van der Waals surface area (Å²) in [5, 5.41) is 3.03. The Morgan fingerprint density at radius 2 is 1.81 bits per heavy atom. The zero-order valence-electron chi connectivity index (χ0n) is 19.1. The Hall–Kier alpha value is -3.26. The number of hydrogen-bond acceptors (Lipinski definition) is 6. The maximum atomic E-state index is 13.3. The number of rotatable bonds is 7. The highest BCUT2D eigenvalue weighted by atomic mass is 16.5. The summed E-state index contributed by atoms with van der Waals surface area (Å²) in [4.78, 5) is 20.1. The van der Waals surface area contributed by atoms with Crippen molar-refractivity contribution in [1.82, 2.24) is 9.38 Å². The number of aryl methyl sites for hydroxylation is 2. The van der Waals surface area contributed by atoms with E-state index >= 15 is 0 Å². The van der Waals surface area contributed by atoms with Crippen LogP contribution in [0.3, 0.4) is 0 Å². The quantitative estimate of drug-likeness (QED) is 0.604. The van der Waals surface area contributed by atoms with E-state index in [1.165, 1.54) is 0 Å². The molecule has 32 heavy (non-hydrogen) atoms. The fraction of sp³-hybridized carbons (Fsp3) is 0.417. The topological polar surface area (TPSA) is 77.3 Å². The Morgan fingerprint density at radius 3 is 2.53 bits per heavy atom. The molecule has 170 valence electrons. The lowest BCUT2D eigenvalue weighted by Crippen LogP contribution is -2.36. The first-order valence-electron chi connectivity index (χ1n) is 11.0. The Labute approximate surface area is 188 Å². The highest BCUT2D eigenvalue weighted by Gasteiger charge is 2.22. The fourth-order valence-electron chi connectivity index (χ4n) is 3.97. The van der Waals surface area contributed by atoms with Gasteiger partial charge in [-0.05, 0) is 39.3 Å². The van der Waals surface area contributed by atoms with E-state index in [0.29, 0.717) is 55.0 Å². The molecule has 1 aliphatic heterocycles. The third-order valence-corrected chi connectivity index (χ3v) is 5.42. The van der Waals surface area contributed by atoms with Crippen molar-refractivity contribution in [2.75, 3.05) is 49.7 Å². The number of morpholine rings is 1. The molecular formula is C24H30N4O4. The minimum absolute atomic E-state index is 0.247. The lowest BCUT2D eigenvalue weighted by molar-refractivity contribution is 0.102. The van der Waals surface area contributed by atoms with E-state index in [9.17, 15) is 4.79 Å². The van der Waals surface area contributed by atoms with Crippen LogP contribution < -0.4 is 19.7 Å². The van der Waals surface area contributed by atoms with Crippen LogP contribution in [0.15, 0.2) is 30.5 Å². The third-order valence-electron chi connectivity index (χ3n) is 5.42. The van der Waals surface area contributed by atoms with Crippen molar-refractivity contribution >= 4 is 22.9 Å². The minimum atomic E-state index is -0.247. The van der Waals surface area contributed by atoms with Crippen molar-refractivity contribution in [3.05, 3.63) is 47.4 Å². The zero-order chi connectivity index (χ0) is 22.7. The predicted molar refractivity (Wildman–Crippen MR) is 124 cm³/mol. The van der Waals surface area contributed by atoms with Gasteiger partial charge in [0.1, 0.15) is 22.8 Å². The van der Waals surface area contributed by atoms with Crippen LogP contribution in [-0.2, 0) is 4.74 Å². The number of pyridine rings is 1. The maximum absolute atomic E-state index is 13.3. The SMILES string of the molecule is CCOc1cc(N2CCOCC2)c(OCC)cc1NC(=O)c1c(C)nc2ccc(C)cn12. The number of carbonyl (C=O) groups excluding carboxylic acids is 1. The van der Waals surface area contributed by atoms with Crippen molar-refractivity contribution in [3.63, 3.8) is 0 Å². The van der Waals surface area contributed by atoms with Gasteiger partial charge in [0.2, 0.25) is 0 Å². The van der Waals surface area contributed by atoms with Crippen LogP contribution in [0.5, 0.6) is 11.5 Å². The average Bonchev–Trinajstić information content (AvgIpc) is 3.11. The Kier molecular flexibility index (Phi) is 6.50. The normalized spacial score (nSPS) is 13.9. The molecule has 0 unspecified atom stereocenters. The molecule has 1 aromatic carbocycles. The summed E-state index contributed by atoms with van der Waals surface area (Å²) in [7, 11) is 0. The summed E-state index contributed by atoms with van der Waals surface area (Å²) in [5.74, 6) is 1.07. The summed E-state index contributed by atoms with van der Waals surface area (Å²) >= 11 is 0. The number of benzene rings is 1. The molecule has 0 saturated carbocycles. The number of anilines is 2. The monoisotopic (exact) mass is 438 g/mol. The van der Waals surface area contributed by atoms with Gasteiger partial charge in [-0.15, -0.1) is 0 Å². The van der Waals surface area contributed by atoms with Crippen molar-refractivity contribution in [1.29, 1.82) is 0 Å². The van der Waals surface area contributed by atoms with E-state index in [0.717, 1.165) is 30.0 Å². The van der Waals surface area contributed by atoms with Crippen molar-refractivity contribution in [2.45, 2.75) is 27.7 Å². The van der Waals surface area contributed by atoms with Crippen LogP contribution in [0.25, 0.3) is 5.65 Å². The van der Waals surface area contributed by atoms with Crippen molar-refractivity contribution in [2.24, 2.45) is 0 Å². The fourth-order valence-corrected chi connectivity index (χ4v) is 3.97. The second kappa shape index (κ2) is 9.48. The molecule has 0 bridgehead atoms. The summed E-state index contributed by atoms with van der Waals surface area (Å²) < 4.78 is 19.2. The summed E-state index contributed by atoms with van der Waals surface area (Å²) in [6, 6.07) is 7.69. The molecule has 0 spiro atoms. The van der Waals surface area contributed by atoms with Crippen LogP contribution in [0.1, 0.15) is 35.6 Å².